The average Bonchev–Trinajstić information content (AvgIpc) is 3.69. The van der Waals surface area contributed by atoms with Crippen LogP contribution in [0.3, 0.4) is 0 Å². The number of benzene rings is 3. The highest BCUT2D eigenvalue weighted by atomic mass is 32.2. The molecule has 0 radical (unpaired) electrons. The number of likely N-dealkylation sites (tertiary alicyclic amines) is 1. The van der Waals surface area contributed by atoms with Gasteiger partial charge >= 0.3 is 5.69 Å². The van der Waals surface area contributed by atoms with Crippen molar-refractivity contribution in [1.82, 2.24) is 23.2 Å². The zero-order chi connectivity index (χ0) is 32.4. The number of rotatable bonds is 9. The van der Waals surface area contributed by atoms with Gasteiger partial charge in [0.25, 0.3) is 10.0 Å². The Morgan fingerprint density at radius 1 is 0.978 bits per heavy atom. The maximum Gasteiger partial charge on any atom is 0.344 e. The minimum atomic E-state index is -4.35. The summed E-state index contributed by atoms with van der Waals surface area (Å²) in [5.74, 6) is 0.250. The van der Waals surface area contributed by atoms with E-state index in [9.17, 15) is 23.3 Å². The Bertz CT molecular complexity index is 1920. The van der Waals surface area contributed by atoms with Gasteiger partial charge in [0.1, 0.15) is 11.8 Å². The highest BCUT2D eigenvalue weighted by Gasteiger charge is 2.37. The minimum Gasteiger partial charge on any atom is -0.497 e. The number of nitrogens with zero attached hydrogens (tertiary/aromatic N) is 6. The number of fused-ring (bicyclic) bond motifs is 1. The lowest BCUT2D eigenvalue weighted by Gasteiger charge is -2.38. The summed E-state index contributed by atoms with van der Waals surface area (Å²) in [5.41, 5.74) is 1.06. The molecule has 2 aliphatic heterocycles. The fourth-order valence-corrected chi connectivity index (χ4v) is 8.09. The number of nitriles is 1. The van der Waals surface area contributed by atoms with E-state index in [4.69, 9.17) is 4.74 Å². The Morgan fingerprint density at radius 2 is 1.70 bits per heavy atom. The molecule has 0 saturated carbocycles. The first-order valence-electron chi connectivity index (χ1n) is 15.6. The minimum absolute atomic E-state index is 0.0931. The number of hydrogen-bond donors (Lipinski definition) is 0. The summed E-state index contributed by atoms with van der Waals surface area (Å²) in [6, 6.07) is 22.0. The molecule has 240 valence electrons. The summed E-state index contributed by atoms with van der Waals surface area (Å²) in [6.45, 7) is 7.59. The van der Waals surface area contributed by atoms with Crippen molar-refractivity contribution in [3.05, 3.63) is 94.4 Å². The van der Waals surface area contributed by atoms with Gasteiger partial charge in [0, 0.05) is 51.9 Å². The fourth-order valence-electron chi connectivity index (χ4n) is 6.69. The van der Waals surface area contributed by atoms with Crippen LogP contribution in [0.4, 0.5) is 0 Å². The zero-order valence-electron chi connectivity index (χ0n) is 26.1. The molecule has 2 fully saturated rings. The maximum atomic E-state index is 14.1. The van der Waals surface area contributed by atoms with Crippen LogP contribution in [0.1, 0.15) is 36.9 Å². The molecular formula is C34H38N6O5S. The lowest BCUT2D eigenvalue weighted by molar-refractivity contribution is -0.134. The van der Waals surface area contributed by atoms with Crippen molar-refractivity contribution in [3.63, 3.8) is 0 Å². The molecule has 0 spiro atoms. The van der Waals surface area contributed by atoms with Gasteiger partial charge in [0.05, 0.1) is 34.7 Å². The first-order valence-corrected chi connectivity index (χ1v) is 17.0. The van der Waals surface area contributed by atoms with Crippen molar-refractivity contribution in [2.45, 2.75) is 43.3 Å². The van der Waals surface area contributed by atoms with Crippen LogP contribution in [0, 0.1) is 11.3 Å². The van der Waals surface area contributed by atoms with Gasteiger partial charge in [-0.05, 0) is 60.9 Å². The molecule has 46 heavy (non-hydrogen) atoms. The van der Waals surface area contributed by atoms with Gasteiger partial charge < -0.3 is 9.64 Å². The van der Waals surface area contributed by atoms with Crippen LogP contribution in [0.25, 0.3) is 11.0 Å². The van der Waals surface area contributed by atoms with Crippen molar-refractivity contribution in [2.75, 3.05) is 46.4 Å². The topological polar surface area (TPSA) is 121 Å². The van der Waals surface area contributed by atoms with Gasteiger partial charge in [-0.2, -0.15) is 9.23 Å². The Labute approximate surface area is 268 Å². The summed E-state index contributed by atoms with van der Waals surface area (Å²) in [7, 11) is -2.87. The zero-order valence-corrected chi connectivity index (χ0v) is 26.9. The molecule has 1 amide bonds. The third-order valence-electron chi connectivity index (χ3n) is 9.19. The third kappa shape index (κ3) is 5.93. The van der Waals surface area contributed by atoms with Gasteiger partial charge in [-0.3, -0.25) is 19.2 Å². The van der Waals surface area contributed by atoms with Gasteiger partial charge in [0.15, 0.2) is 0 Å². The Morgan fingerprint density at radius 3 is 2.35 bits per heavy atom. The highest BCUT2D eigenvalue weighted by molar-refractivity contribution is 7.90. The molecule has 3 heterocycles. The van der Waals surface area contributed by atoms with Crippen LogP contribution in [0.15, 0.2) is 82.5 Å². The standard InChI is InChI=1S/C34H38N6O5S/c1-3-30(33(41)38-16-15-27(24-38)37-19-17-36(18-20-37)23-25-7-5-4-6-8-25)39-32-21-26(22-35)9-14-31(32)40(34(39)42)46(43,44)29-12-10-28(45-2)11-13-29/h4-14,21,27,30H,3,15-20,23-24H2,1-2H3. The van der Waals surface area contributed by atoms with E-state index in [2.05, 4.69) is 40.1 Å². The van der Waals surface area contributed by atoms with Crippen molar-refractivity contribution in [2.24, 2.45) is 0 Å². The second-order valence-corrected chi connectivity index (χ2v) is 13.6. The van der Waals surface area contributed by atoms with E-state index in [0.29, 0.717) is 18.8 Å². The molecule has 2 unspecified atom stereocenters. The maximum absolute atomic E-state index is 14.1. The lowest BCUT2D eigenvalue weighted by Crippen LogP contribution is -2.51. The predicted octanol–water partition coefficient (Wildman–Crippen LogP) is 3.29. The SMILES string of the molecule is CCC(C(=O)N1CCC(N2CCN(Cc3ccccc3)CC2)C1)n1c(=O)n(S(=O)(=O)c2ccc(OC)cc2)c2ccc(C#N)cc21. The summed E-state index contributed by atoms with van der Waals surface area (Å²) >= 11 is 0. The summed E-state index contributed by atoms with van der Waals surface area (Å²) in [6.07, 6.45) is 1.11. The molecule has 2 aliphatic rings. The molecule has 0 aliphatic carbocycles. The van der Waals surface area contributed by atoms with Crippen LogP contribution in [0.5, 0.6) is 5.75 Å². The smallest absolute Gasteiger partial charge is 0.344 e. The molecule has 6 rings (SSSR count). The number of imidazole rings is 1. The van der Waals surface area contributed by atoms with Gasteiger partial charge in [-0.1, -0.05) is 37.3 Å². The first kappa shape index (κ1) is 31.5. The van der Waals surface area contributed by atoms with E-state index < -0.39 is 21.8 Å². The fraction of sp³-hybridized carbons (Fsp3) is 0.382. The predicted molar refractivity (Wildman–Crippen MR) is 174 cm³/mol. The van der Waals surface area contributed by atoms with Crippen LogP contribution < -0.4 is 10.4 Å². The van der Waals surface area contributed by atoms with Crippen LogP contribution >= 0.6 is 0 Å². The molecule has 4 aromatic rings. The molecule has 11 nitrogen and oxygen atoms in total. The number of ether oxygens (including phenoxy) is 1. The number of piperazine rings is 1. The monoisotopic (exact) mass is 642 g/mol. The van der Waals surface area contributed by atoms with E-state index in [1.54, 1.807) is 4.90 Å². The molecule has 2 saturated heterocycles. The Hall–Kier alpha value is -4.44. The molecule has 2 atom stereocenters. The Kier molecular flexibility index (Phi) is 8.99. The molecule has 3 aromatic carbocycles. The van der Waals surface area contributed by atoms with Crippen LogP contribution in [0.2, 0.25) is 0 Å². The van der Waals surface area contributed by atoms with Crippen molar-refractivity contribution >= 4 is 27.0 Å². The number of hydrogen-bond acceptors (Lipinski definition) is 8. The third-order valence-corrected chi connectivity index (χ3v) is 10.9. The highest BCUT2D eigenvalue weighted by Crippen LogP contribution is 2.28. The second-order valence-electron chi connectivity index (χ2n) is 11.9. The van der Waals surface area contributed by atoms with E-state index in [1.165, 1.54) is 59.7 Å². The van der Waals surface area contributed by atoms with Crippen molar-refractivity contribution < 1.29 is 17.9 Å². The normalized spacial score (nSPS) is 18.5. The summed E-state index contributed by atoms with van der Waals surface area (Å²) in [4.78, 5) is 34.8. The molecule has 0 N–H and O–H groups in total. The van der Waals surface area contributed by atoms with Crippen molar-refractivity contribution in [3.8, 4) is 11.8 Å². The number of carbonyl (C=O) groups excluding carboxylic acids is 1. The van der Waals surface area contributed by atoms with Gasteiger partial charge in [-0.15, -0.1) is 0 Å². The molecular weight excluding hydrogens is 604 g/mol. The first-order chi connectivity index (χ1) is 22.2. The van der Waals surface area contributed by atoms with E-state index in [0.717, 1.165) is 43.1 Å². The quantitative estimate of drug-likeness (QED) is 0.273. The largest absolute Gasteiger partial charge is 0.497 e. The number of carbonyl (C=O) groups is 1. The van der Waals surface area contributed by atoms with Crippen LogP contribution in [-0.2, 0) is 21.4 Å². The average molecular weight is 643 g/mol. The second kappa shape index (κ2) is 13.1. The lowest BCUT2D eigenvalue weighted by atomic mass is 10.1. The van der Waals surface area contributed by atoms with Crippen molar-refractivity contribution in [1.29, 1.82) is 5.26 Å². The molecule has 12 heteroatoms. The number of amides is 1. The van der Waals surface area contributed by atoms with Crippen LogP contribution in [-0.4, -0.2) is 90.0 Å². The summed E-state index contributed by atoms with van der Waals surface area (Å²) in [5, 5.41) is 9.61. The number of methoxy groups -OCH3 is 1. The van der Waals surface area contributed by atoms with E-state index in [-0.39, 0.29) is 39.9 Å². The van der Waals surface area contributed by atoms with Gasteiger partial charge in [0.2, 0.25) is 5.91 Å². The molecule has 1 aromatic heterocycles. The molecule has 0 bridgehead atoms. The Balaban J connectivity index is 1.24. The number of aromatic nitrogens is 2. The van der Waals surface area contributed by atoms with E-state index in [1.807, 2.05) is 13.0 Å². The summed E-state index contributed by atoms with van der Waals surface area (Å²) < 4.78 is 34.9. The van der Waals surface area contributed by atoms with E-state index >= 15 is 0 Å². The van der Waals surface area contributed by atoms with Gasteiger partial charge in [-0.25, -0.2) is 13.2 Å².